The number of oxazole rings is 1. The highest BCUT2D eigenvalue weighted by molar-refractivity contribution is 5.89. The lowest BCUT2D eigenvalue weighted by atomic mass is 10.1. The maximum Gasteiger partial charge on any atom is 0.331 e. The summed E-state index contributed by atoms with van der Waals surface area (Å²) in [5, 5.41) is 2.73. The molecule has 0 saturated heterocycles. The third kappa shape index (κ3) is 5.28. The summed E-state index contributed by atoms with van der Waals surface area (Å²) < 4.78 is 10.4. The van der Waals surface area contributed by atoms with Crippen LogP contribution in [0, 0.1) is 6.92 Å². The SMILES string of the molecule is Cc1ccccc1CCNC(=O)COC(=O)/C=C/c1nc2ccccc2o1. The summed E-state index contributed by atoms with van der Waals surface area (Å²) in [5.41, 5.74) is 3.70. The smallest absolute Gasteiger partial charge is 0.331 e. The molecule has 0 aliphatic heterocycles. The molecule has 0 bridgehead atoms. The number of aryl methyl sites for hydroxylation is 1. The van der Waals surface area contributed by atoms with Gasteiger partial charge in [0.15, 0.2) is 12.2 Å². The molecule has 6 heteroatoms. The first kappa shape index (κ1) is 18.4. The van der Waals surface area contributed by atoms with Crippen LogP contribution in [-0.2, 0) is 20.7 Å². The second kappa shape index (κ2) is 8.80. The van der Waals surface area contributed by atoms with Gasteiger partial charge in [-0.2, -0.15) is 0 Å². The Balaban J connectivity index is 1.40. The molecule has 3 aromatic rings. The number of nitrogens with zero attached hydrogens (tertiary/aromatic N) is 1. The number of carbonyl (C=O) groups is 2. The molecule has 1 heterocycles. The summed E-state index contributed by atoms with van der Waals surface area (Å²) in [6, 6.07) is 15.3. The van der Waals surface area contributed by atoms with E-state index in [2.05, 4.69) is 10.3 Å². The Morgan fingerprint density at radius 3 is 2.74 bits per heavy atom. The van der Waals surface area contributed by atoms with Crippen LogP contribution in [0.4, 0.5) is 0 Å². The minimum absolute atomic E-state index is 0.302. The van der Waals surface area contributed by atoms with Gasteiger partial charge >= 0.3 is 5.97 Å². The van der Waals surface area contributed by atoms with Crippen molar-refractivity contribution in [2.45, 2.75) is 13.3 Å². The predicted octanol–water partition coefficient (Wildman–Crippen LogP) is 3.05. The van der Waals surface area contributed by atoms with Gasteiger partial charge in [-0.3, -0.25) is 4.79 Å². The van der Waals surface area contributed by atoms with Crippen LogP contribution in [0.15, 0.2) is 59.0 Å². The fourth-order valence-electron chi connectivity index (χ4n) is 2.56. The van der Waals surface area contributed by atoms with Crippen molar-refractivity contribution < 1.29 is 18.7 Å². The van der Waals surface area contributed by atoms with E-state index in [1.165, 1.54) is 23.3 Å². The topological polar surface area (TPSA) is 81.4 Å². The molecule has 1 aromatic heterocycles. The summed E-state index contributed by atoms with van der Waals surface area (Å²) in [5.74, 6) is -0.672. The molecule has 138 valence electrons. The second-order valence-corrected chi connectivity index (χ2v) is 5.99. The van der Waals surface area contributed by atoms with Crippen LogP contribution in [0.25, 0.3) is 17.2 Å². The molecule has 0 spiro atoms. The van der Waals surface area contributed by atoms with E-state index < -0.39 is 5.97 Å². The molecular weight excluding hydrogens is 344 g/mol. The molecule has 3 rings (SSSR count). The van der Waals surface area contributed by atoms with Crippen LogP contribution in [0.1, 0.15) is 17.0 Å². The molecule has 0 aliphatic rings. The highest BCUT2D eigenvalue weighted by Crippen LogP contribution is 2.15. The number of ether oxygens (including phenoxy) is 1. The van der Waals surface area contributed by atoms with Crippen molar-refractivity contribution in [3.8, 4) is 0 Å². The normalized spacial score (nSPS) is 11.0. The van der Waals surface area contributed by atoms with Crippen molar-refractivity contribution in [1.29, 1.82) is 0 Å². The second-order valence-electron chi connectivity index (χ2n) is 5.99. The summed E-state index contributed by atoms with van der Waals surface area (Å²) >= 11 is 0. The number of hydrogen-bond donors (Lipinski definition) is 1. The van der Waals surface area contributed by atoms with Gasteiger partial charge in [0, 0.05) is 18.7 Å². The van der Waals surface area contributed by atoms with Crippen molar-refractivity contribution in [2.75, 3.05) is 13.2 Å². The minimum atomic E-state index is -0.633. The van der Waals surface area contributed by atoms with Crippen molar-refractivity contribution in [1.82, 2.24) is 10.3 Å². The Morgan fingerprint density at radius 2 is 1.93 bits per heavy atom. The predicted molar refractivity (Wildman–Crippen MR) is 102 cm³/mol. The van der Waals surface area contributed by atoms with Gasteiger partial charge in [0.1, 0.15) is 5.52 Å². The first-order chi connectivity index (χ1) is 13.1. The maximum absolute atomic E-state index is 11.8. The Hall–Kier alpha value is -3.41. The van der Waals surface area contributed by atoms with Crippen LogP contribution in [-0.4, -0.2) is 30.0 Å². The summed E-state index contributed by atoms with van der Waals surface area (Å²) in [7, 11) is 0. The number of esters is 1. The van der Waals surface area contributed by atoms with Crippen molar-refractivity contribution in [3.05, 3.63) is 71.6 Å². The monoisotopic (exact) mass is 364 g/mol. The van der Waals surface area contributed by atoms with Gasteiger partial charge in [0.2, 0.25) is 5.89 Å². The van der Waals surface area contributed by atoms with E-state index in [-0.39, 0.29) is 12.5 Å². The number of amides is 1. The van der Waals surface area contributed by atoms with Crippen LogP contribution in [0.2, 0.25) is 0 Å². The van der Waals surface area contributed by atoms with Gasteiger partial charge in [-0.1, -0.05) is 36.4 Å². The minimum Gasteiger partial charge on any atom is -0.452 e. The lowest BCUT2D eigenvalue weighted by Crippen LogP contribution is -2.30. The van der Waals surface area contributed by atoms with Gasteiger partial charge in [-0.05, 0) is 36.6 Å². The molecule has 0 radical (unpaired) electrons. The Morgan fingerprint density at radius 1 is 1.15 bits per heavy atom. The number of carbonyl (C=O) groups excluding carboxylic acids is 2. The van der Waals surface area contributed by atoms with Crippen LogP contribution >= 0.6 is 0 Å². The zero-order valence-corrected chi connectivity index (χ0v) is 15.0. The van der Waals surface area contributed by atoms with Gasteiger partial charge in [0.25, 0.3) is 5.91 Å². The third-order valence-corrected chi connectivity index (χ3v) is 4.00. The van der Waals surface area contributed by atoms with E-state index in [0.717, 1.165) is 6.42 Å². The first-order valence-electron chi connectivity index (χ1n) is 8.63. The van der Waals surface area contributed by atoms with Gasteiger partial charge in [-0.25, -0.2) is 9.78 Å². The molecular formula is C21H20N2O4. The van der Waals surface area contributed by atoms with E-state index in [4.69, 9.17) is 9.15 Å². The number of nitrogens with one attached hydrogen (secondary N) is 1. The van der Waals surface area contributed by atoms with Crippen LogP contribution in [0.3, 0.4) is 0 Å². The van der Waals surface area contributed by atoms with E-state index in [1.54, 1.807) is 6.07 Å². The lowest BCUT2D eigenvalue weighted by Gasteiger charge is -2.07. The zero-order chi connectivity index (χ0) is 19.1. The largest absolute Gasteiger partial charge is 0.452 e. The fraction of sp³-hybridized carbons (Fsp3) is 0.190. The standard InChI is InChI=1S/C21H20N2O4/c1-15-6-2-3-7-16(15)12-13-22-19(24)14-26-21(25)11-10-20-23-17-8-4-5-9-18(17)27-20/h2-11H,12-14H2,1H3,(H,22,24)/b11-10+. The molecule has 0 saturated carbocycles. The summed E-state index contributed by atoms with van der Waals surface area (Å²) in [6.07, 6.45) is 3.33. The first-order valence-corrected chi connectivity index (χ1v) is 8.63. The fourth-order valence-corrected chi connectivity index (χ4v) is 2.56. The highest BCUT2D eigenvalue weighted by atomic mass is 16.5. The quantitative estimate of drug-likeness (QED) is 0.515. The molecule has 2 aromatic carbocycles. The van der Waals surface area contributed by atoms with Gasteiger partial charge in [-0.15, -0.1) is 0 Å². The van der Waals surface area contributed by atoms with E-state index in [9.17, 15) is 9.59 Å². The third-order valence-electron chi connectivity index (χ3n) is 4.00. The lowest BCUT2D eigenvalue weighted by molar-refractivity contribution is -0.143. The number of rotatable bonds is 7. The molecule has 0 atom stereocenters. The average Bonchev–Trinajstić information content (AvgIpc) is 3.09. The Labute approximate surface area is 156 Å². The molecule has 27 heavy (non-hydrogen) atoms. The number of fused-ring (bicyclic) bond motifs is 1. The van der Waals surface area contributed by atoms with Gasteiger partial charge in [0.05, 0.1) is 0 Å². The Kier molecular flexibility index (Phi) is 5.99. The molecule has 1 amide bonds. The van der Waals surface area contributed by atoms with E-state index in [1.807, 2.05) is 49.4 Å². The van der Waals surface area contributed by atoms with Crippen LogP contribution < -0.4 is 5.32 Å². The van der Waals surface area contributed by atoms with E-state index in [0.29, 0.717) is 23.5 Å². The average molecular weight is 364 g/mol. The number of aromatic nitrogens is 1. The Bertz CT molecular complexity index is 942. The number of para-hydroxylation sites is 2. The molecule has 0 aliphatic carbocycles. The number of hydrogen-bond acceptors (Lipinski definition) is 5. The molecule has 0 fully saturated rings. The molecule has 6 nitrogen and oxygen atoms in total. The van der Waals surface area contributed by atoms with Crippen LogP contribution in [0.5, 0.6) is 0 Å². The highest BCUT2D eigenvalue weighted by Gasteiger charge is 2.06. The molecule has 0 unspecified atom stereocenters. The maximum atomic E-state index is 11.8. The summed E-state index contributed by atoms with van der Waals surface area (Å²) in [4.78, 5) is 27.7. The zero-order valence-electron chi connectivity index (χ0n) is 15.0. The van der Waals surface area contributed by atoms with Crippen molar-refractivity contribution in [3.63, 3.8) is 0 Å². The van der Waals surface area contributed by atoms with Gasteiger partial charge < -0.3 is 14.5 Å². The van der Waals surface area contributed by atoms with Crippen molar-refractivity contribution in [2.24, 2.45) is 0 Å². The van der Waals surface area contributed by atoms with Crippen molar-refractivity contribution >= 4 is 29.1 Å². The summed E-state index contributed by atoms with van der Waals surface area (Å²) in [6.45, 7) is 2.19. The van der Waals surface area contributed by atoms with E-state index >= 15 is 0 Å². The molecule has 1 N–H and O–H groups in total. The number of benzene rings is 2.